The fraction of sp³-hybridized carbons (Fsp3) is 0.522. The lowest BCUT2D eigenvalue weighted by Crippen LogP contribution is -2.27. The third-order valence-corrected chi connectivity index (χ3v) is 7.80. The topological polar surface area (TPSA) is 89.9 Å². The van der Waals surface area contributed by atoms with E-state index in [1.165, 1.54) is 7.11 Å². The van der Waals surface area contributed by atoms with Gasteiger partial charge >= 0.3 is 7.60 Å². The molecule has 0 fully saturated rings. The van der Waals surface area contributed by atoms with Gasteiger partial charge in [0.2, 0.25) is 0 Å². The molecular formula is C23H35N2O5P. The predicted octanol–water partition coefficient (Wildman–Crippen LogP) is 6.43. The number of anilines is 1. The third kappa shape index (κ3) is 6.62. The van der Waals surface area contributed by atoms with Crippen LogP contribution in [0.1, 0.15) is 53.0 Å². The minimum Gasteiger partial charge on any atom is -0.504 e. The molecule has 1 aromatic carbocycles. The number of aromatic hydroxyl groups is 1. The summed E-state index contributed by atoms with van der Waals surface area (Å²) in [4.78, 5) is 4.04. The first-order valence-corrected chi connectivity index (χ1v) is 12.4. The zero-order valence-corrected chi connectivity index (χ0v) is 20.2. The van der Waals surface area contributed by atoms with E-state index >= 15 is 0 Å². The lowest BCUT2D eigenvalue weighted by atomic mass is 10.00. The molecule has 172 valence electrons. The minimum absolute atomic E-state index is 0.0418. The van der Waals surface area contributed by atoms with Crippen LogP contribution in [-0.4, -0.2) is 22.9 Å². The molecule has 0 aliphatic carbocycles. The Kier molecular flexibility index (Phi) is 9.20. The molecular weight excluding hydrogens is 415 g/mol. The largest absolute Gasteiger partial charge is 0.504 e. The van der Waals surface area contributed by atoms with Crippen molar-refractivity contribution in [1.29, 1.82) is 0 Å². The zero-order chi connectivity index (χ0) is 23.0. The summed E-state index contributed by atoms with van der Waals surface area (Å²) >= 11 is 0. The molecule has 0 saturated heterocycles. The number of ether oxygens (including phenoxy) is 1. The van der Waals surface area contributed by atoms with Gasteiger partial charge < -0.3 is 14.4 Å². The number of rotatable bonds is 12. The van der Waals surface area contributed by atoms with Crippen molar-refractivity contribution in [3.63, 3.8) is 0 Å². The molecule has 2 N–H and O–H groups in total. The lowest BCUT2D eigenvalue weighted by molar-refractivity contribution is 0.279. The van der Waals surface area contributed by atoms with E-state index in [0.29, 0.717) is 23.4 Å². The van der Waals surface area contributed by atoms with Gasteiger partial charge in [-0.05, 0) is 42.9 Å². The van der Waals surface area contributed by atoms with Crippen LogP contribution in [0.5, 0.6) is 17.2 Å². The molecule has 7 nitrogen and oxygen atoms in total. The molecule has 1 unspecified atom stereocenters. The van der Waals surface area contributed by atoms with Crippen molar-refractivity contribution in [3.8, 4) is 17.2 Å². The van der Waals surface area contributed by atoms with E-state index in [0.717, 1.165) is 12.8 Å². The van der Waals surface area contributed by atoms with Crippen molar-refractivity contribution in [2.24, 2.45) is 11.8 Å². The average Bonchev–Trinajstić information content (AvgIpc) is 2.72. The Bertz CT molecular complexity index is 866. The molecule has 8 heteroatoms. The van der Waals surface area contributed by atoms with Crippen LogP contribution in [0, 0.1) is 11.8 Å². The first-order chi connectivity index (χ1) is 14.7. The van der Waals surface area contributed by atoms with Gasteiger partial charge in [-0.15, -0.1) is 0 Å². The summed E-state index contributed by atoms with van der Waals surface area (Å²) in [6, 6.07) is 6.78. The van der Waals surface area contributed by atoms with Crippen molar-refractivity contribution >= 4 is 13.3 Å². The second-order valence-corrected chi connectivity index (χ2v) is 10.3. The van der Waals surface area contributed by atoms with Crippen molar-refractivity contribution in [3.05, 3.63) is 42.2 Å². The molecule has 1 atom stereocenters. The van der Waals surface area contributed by atoms with Crippen molar-refractivity contribution < 1.29 is 23.6 Å². The Morgan fingerprint density at radius 2 is 1.90 bits per heavy atom. The second-order valence-electron chi connectivity index (χ2n) is 8.28. The molecule has 31 heavy (non-hydrogen) atoms. The summed E-state index contributed by atoms with van der Waals surface area (Å²) in [5.74, 6) is 0.779. The first-order valence-electron chi connectivity index (χ1n) is 10.8. The maximum absolute atomic E-state index is 14.1. The van der Waals surface area contributed by atoms with E-state index in [4.69, 9.17) is 13.9 Å². The van der Waals surface area contributed by atoms with Crippen LogP contribution in [0.25, 0.3) is 0 Å². The molecule has 0 radical (unpaired) electrons. The minimum atomic E-state index is -3.70. The number of nitrogens with one attached hydrogen (secondary N) is 1. The van der Waals surface area contributed by atoms with E-state index in [1.807, 2.05) is 27.7 Å². The van der Waals surface area contributed by atoms with Crippen LogP contribution in [-0.2, 0) is 15.6 Å². The van der Waals surface area contributed by atoms with Crippen molar-refractivity contribution in [2.75, 3.05) is 12.6 Å². The monoisotopic (exact) mass is 450 g/mol. The molecule has 0 spiro atoms. The Morgan fingerprint density at radius 3 is 2.45 bits per heavy atom. The highest BCUT2D eigenvalue weighted by atomic mass is 31.2. The Balaban J connectivity index is 2.43. The van der Waals surface area contributed by atoms with E-state index in [9.17, 15) is 9.67 Å². The summed E-state index contributed by atoms with van der Waals surface area (Å²) in [6.07, 6.45) is 5.76. The fourth-order valence-electron chi connectivity index (χ4n) is 3.73. The van der Waals surface area contributed by atoms with E-state index in [2.05, 4.69) is 17.4 Å². The third-order valence-electron chi connectivity index (χ3n) is 5.06. The van der Waals surface area contributed by atoms with Crippen molar-refractivity contribution in [2.45, 2.75) is 59.5 Å². The Morgan fingerprint density at radius 1 is 1.19 bits per heavy atom. The van der Waals surface area contributed by atoms with Crippen LogP contribution in [0.2, 0.25) is 0 Å². The summed E-state index contributed by atoms with van der Waals surface area (Å²) in [7, 11) is -2.22. The van der Waals surface area contributed by atoms with Crippen LogP contribution in [0.3, 0.4) is 0 Å². The van der Waals surface area contributed by atoms with Gasteiger partial charge in [0.25, 0.3) is 0 Å². The molecule has 0 amide bonds. The Hall–Kier alpha value is -2.24. The highest BCUT2D eigenvalue weighted by Crippen LogP contribution is 2.58. The van der Waals surface area contributed by atoms with E-state index in [-0.39, 0.29) is 29.0 Å². The fourth-order valence-corrected chi connectivity index (χ4v) is 6.10. The van der Waals surface area contributed by atoms with Gasteiger partial charge in [0.15, 0.2) is 11.5 Å². The maximum atomic E-state index is 14.1. The van der Waals surface area contributed by atoms with Gasteiger partial charge in [-0.1, -0.05) is 41.0 Å². The number of methoxy groups -OCH3 is 1. The quantitative estimate of drug-likeness (QED) is 0.284. The number of benzene rings is 1. The zero-order valence-electron chi connectivity index (χ0n) is 19.3. The van der Waals surface area contributed by atoms with Crippen LogP contribution in [0.15, 0.2) is 36.7 Å². The Labute approximate surface area is 185 Å². The maximum Gasteiger partial charge on any atom is 0.403 e. The number of aryl methyl sites for hydroxylation is 1. The number of pyridine rings is 1. The van der Waals surface area contributed by atoms with Crippen LogP contribution in [0.4, 0.5) is 5.69 Å². The van der Waals surface area contributed by atoms with Crippen LogP contribution < -0.4 is 14.7 Å². The van der Waals surface area contributed by atoms with Crippen LogP contribution >= 0.6 is 7.60 Å². The molecule has 1 heterocycles. The molecule has 0 aliphatic rings. The molecule has 2 aromatic rings. The normalized spacial score (nSPS) is 13.5. The van der Waals surface area contributed by atoms with Gasteiger partial charge in [-0.2, -0.15) is 4.62 Å². The summed E-state index contributed by atoms with van der Waals surface area (Å²) in [5, 5.41) is 10.5. The molecule has 0 saturated carbocycles. The lowest BCUT2D eigenvalue weighted by Gasteiger charge is -2.32. The molecule has 0 bridgehead atoms. The summed E-state index contributed by atoms with van der Waals surface area (Å²) in [6.45, 7) is 10.1. The average molecular weight is 451 g/mol. The van der Waals surface area contributed by atoms with E-state index < -0.39 is 7.60 Å². The number of nitrogens with zero attached hydrogens (tertiary/aromatic N) is 1. The number of hydrogen-bond acceptors (Lipinski definition) is 7. The van der Waals surface area contributed by atoms with Gasteiger partial charge in [0.05, 0.1) is 24.7 Å². The number of unbranched alkanes of at least 4 members (excludes halogenated alkanes) is 1. The second kappa shape index (κ2) is 11.4. The smallest absolute Gasteiger partial charge is 0.403 e. The SMILES string of the molecule is CCCCc1cc(OP(=O)(ONc2cccnc2)C(C(C)C)C(C)C)cc(OC)c1O. The highest BCUT2D eigenvalue weighted by molar-refractivity contribution is 7.55. The van der Waals surface area contributed by atoms with Crippen molar-refractivity contribution in [1.82, 2.24) is 4.98 Å². The first kappa shape index (κ1) is 25.0. The molecule has 2 rings (SSSR count). The van der Waals surface area contributed by atoms with Gasteiger partial charge in [-0.3, -0.25) is 10.5 Å². The number of aromatic nitrogens is 1. The summed E-state index contributed by atoms with van der Waals surface area (Å²) < 4.78 is 31.3. The summed E-state index contributed by atoms with van der Waals surface area (Å²) in [5.41, 5.74) is 3.65. The molecule has 1 aromatic heterocycles. The number of phenolic OH excluding ortho intramolecular Hbond substituents is 1. The number of hydrogen-bond donors (Lipinski definition) is 2. The highest BCUT2D eigenvalue weighted by Gasteiger charge is 2.43. The molecule has 0 aliphatic heterocycles. The van der Waals surface area contributed by atoms with Gasteiger partial charge in [0, 0.05) is 17.8 Å². The standard InChI is InChI=1S/C23H35N2O5P/c1-7-8-10-18-13-20(14-21(28-6)22(18)26)29-31(27,23(16(2)3)17(4)5)30-25-19-11-9-12-24-15-19/h9,11-17,23,25-26H,7-8,10H2,1-6H3. The predicted molar refractivity (Wildman–Crippen MR) is 124 cm³/mol. The van der Waals surface area contributed by atoms with Gasteiger partial charge in [0.1, 0.15) is 5.75 Å². The number of phenols is 1. The van der Waals surface area contributed by atoms with Gasteiger partial charge in [-0.25, -0.2) is 4.57 Å². The van der Waals surface area contributed by atoms with E-state index in [1.54, 1.807) is 36.7 Å².